The third-order valence-electron chi connectivity index (χ3n) is 10.2. The number of carboxylic acid groups (broad SMARTS) is 1. The number of aliphatic carboxylic acids is 1. The van der Waals surface area contributed by atoms with Crippen LogP contribution in [0.2, 0.25) is 0 Å². The number of carbonyl (C=O) groups excluding carboxylic acids is 5. The Hall–Kier alpha value is -4.75. The molecule has 4 N–H and O–H groups in total. The minimum Gasteiger partial charge on any atom is -0.480 e. The summed E-state index contributed by atoms with van der Waals surface area (Å²) in [4.78, 5) is 80.1. The number of benzene rings is 1. The van der Waals surface area contributed by atoms with Gasteiger partial charge >= 0.3 is 17.9 Å². The highest BCUT2D eigenvalue weighted by Gasteiger charge is 2.27. The standard InChI is InChI=1S/C46H72N4O10/c1-3-5-7-9-11-13-15-17-19-21-26-30-41(52)58-33-37(49-44(55)38-34-60-45(50-38)36-28-24-23-25-29-36)43(54)47-32-40(51)48-39(46(56)57)35-59-42(53)31-27-22-20-18-16-14-12-10-8-6-4-2/h23-25,28-29,34,37,39H,3-22,26-27,30-33,35H2,1-2H3,(H,47,54)(H,48,51)(H,49,55)(H,56,57)/t37-,39-/m0/s1. The second kappa shape index (κ2) is 33.0. The highest BCUT2D eigenvalue weighted by atomic mass is 16.5. The van der Waals surface area contributed by atoms with Gasteiger partial charge in [-0.2, -0.15) is 0 Å². The molecule has 0 fully saturated rings. The molecule has 0 radical (unpaired) electrons. The maximum absolute atomic E-state index is 13.3. The molecule has 0 aliphatic rings. The number of nitrogens with zero attached hydrogens (tertiary/aromatic N) is 1. The molecule has 0 saturated carbocycles. The third-order valence-corrected chi connectivity index (χ3v) is 10.2. The number of rotatable bonds is 36. The lowest BCUT2D eigenvalue weighted by Gasteiger charge is -2.19. The molecule has 2 rings (SSSR count). The van der Waals surface area contributed by atoms with Gasteiger partial charge in [-0.05, 0) is 25.0 Å². The molecular formula is C46H72N4O10. The van der Waals surface area contributed by atoms with Crippen molar-refractivity contribution < 1.29 is 47.8 Å². The highest BCUT2D eigenvalue weighted by Crippen LogP contribution is 2.18. The number of hydrogen-bond donors (Lipinski definition) is 4. The molecule has 0 bridgehead atoms. The predicted octanol–water partition coefficient (Wildman–Crippen LogP) is 8.61. The van der Waals surface area contributed by atoms with E-state index in [1.54, 1.807) is 24.3 Å². The van der Waals surface area contributed by atoms with Crippen molar-refractivity contribution >= 4 is 35.6 Å². The van der Waals surface area contributed by atoms with E-state index in [2.05, 4.69) is 34.8 Å². The van der Waals surface area contributed by atoms with Crippen LogP contribution in [-0.4, -0.2) is 77.6 Å². The van der Waals surface area contributed by atoms with Gasteiger partial charge in [0.1, 0.15) is 25.5 Å². The molecule has 0 unspecified atom stereocenters. The van der Waals surface area contributed by atoms with Crippen molar-refractivity contribution in [3.8, 4) is 11.5 Å². The predicted molar refractivity (Wildman–Crippen MR) is 230 cm³/mol. The molecule has 0 spiro atoms. The first kappa shape index (κ1) is 51.4. The Balaban J connectivity index is 1.82. The van der Waals surface area contributed by atoms with Gasteiger partial charge in [0.05, 0.1) is 6.54 Å². The number of ether oxygens (including phenoxy) is 2. The number of oxazole rings is 1. The molecule has 336 valence electrons. The van der Waals surface area contributed by atoms with Crippen molar-refractivity contribution in [2.75, 3.05) is 19.8 Å². The van der Waals surface area contributed by atoms with Gasteiger partial charge in [0.2, 0.25) is 17.7 Å². The van der Waals surface area contributed by atoms with Crippen LogP contribution in [0.25, 0.3) is 11.5 Å². The van der Waals surface area contributed by atoms with Crippen LogP contribution < -0.4 is 16.0 Å². The zero-order valence-electron chi connectivity index (χ0n) is 36.3. The SMILES string of the molecule is CCCCCCCCCCCCCC(=O)OC[C@H](NC(=O)CNC(=O)[C@H](COC(=O)CCCCCCCCCCCCC)NC(=O)c1coc(-c2ccccc2)n1)C(=O)O. The Kier molecular flexibility index (Phi) is 28.3. The molecule has 1 aromatic carbocycles. The average Bonchev–Trinajstić information content (AvgIpc) is 3.75. The molecule has 14 heteroatoms. The summed E-state index contributed by atoms with van der Waals surface area (Å²) in [5.41, 5.74) is 0.506. The van der Waals surface area contributed by atoms with E-state index in [1.165, 1.54) is 89.9 Å². The van der Waals surface area contributed by atoms with Crippen LogP contribution in [0.4, 0.5) is 0 Å². The summed E-state index contributed by atoms with van der Waals surface area (Å²) < 4.78 is 16.0. The van der Waals surface area contributed by atoms with E-state index in [1.807, 2.05) is 6.07 Å². The first-order valence-electron chi connectivity index (χ1n) is 22.6. The molecule has 0 aliphatic heterocycles. The summed E-state index contributed by atoms with van der Waals surface area (Å²) in [5, 5.41) is 16.7. The molecule has 3 amide bonds. The van der Waals surface area contributed by atoms with E-state index < -0.39 is 67.5 Å². The van der Waals surface area contributed by atoms with Crippen LogP contribution in [0, 0.1) is 0 Å². The Labute approximate surface area is 357 Å². The van der Waals surface area contributed by atoms with Crippen molar-refractivity contribution in [1.29, 1.82) is 0 Å². The average molecular weight is 841 g/mol. The fourth-order valence-corrected chi connectivity index (χ4v) is 6.58. The molecular weight excluding hydrogens is 769 g/mol. The number of hydrogen-bond acceptors (Lipinski definition) is 10. The van der Waals surface area contributed by atoms with Crippen LogP contribution in [0.5, 0.6) is 0 Å². The summed E-state index contributed by atoms with van der Waals surface area (Å²) in [7, 11) is 0. The maximum Gasteiger partial charge on any atom is 0.329 e. The maximum atomic E-state index is 13.3. The van der Waals surface area contributed by atoms with Gasteiger partial charge in [-0.3, -0.25) is 24.0 Å². The largest absolute Gasteiger partial charge is 0.480 e. The molecule has 60 heavy (non-hydrogen) atoms. The van der Waals surface area contributed by atoms with Crippen LogP contribution in [0.1, 0.15) is 178 Å². The Morgan fingerprint density at radius 2 is 1.07 bits per heavy atom. The van der Waals surface area contributed by atoms with Gasteiger partial charge < -0.3 is 34.9 Å². The molecule has 1 heterocycles. The summed E-state index contributed by atoms with van der Waals surface area (Å²) in [6.07, 6.45) is 26.2. The second-order valence-corrected chi connectivity index (χ2v) is 15.5. The first-order valence-corrected chi connectivity index (χ1v) is 22.6. The van der Waals surface area contributed by atoms with Gasteiger partial charge in [-0.25, -0.2) is 9.78 Å². The molecule has 14 nitrogen and oxygen atoms in total. The van der Waals surface area contributed by atoms with Crippen molar-refractivity contribution in [2.45, 2.75) is 180 Å². The number of nitrogens with one attached hydrogen (secondary N) is 3. The fourth-order valence-electron chi connectivity index (χ4n) is 6.58. The summed E-state index contributed by atoms with van der Waals surface area (Å²) >= 11 is 0. The number of unbranched alkanes of at least 4 members (excludes halogenated alkanes) is 20. The van der Waals surface area contributed by atoms with E-state index in [0.29, 0.717) is 18.4 Å². The Morgan fingerprint density at radius 1 is 0.617 bits per heavy atom. The molecule has 2 aromatic rings. The van der Waals surface area contributed by atoms with Crippen LogP contribution >= 0.6 is 0 Å². The quantitative estimate of drug-likeness (QED) is 0.0378. The Bertz CT molecular complexity index is 1520. The molecule has 1 aromatic heterocycles. The zero-order valence-corrected chi connectivity index (χ0v) is 36.3. The van der Waals surface area contributed by atoms with Gasteiger partial charge in [-0.1, -0.05) is 160 Å². The minimum atomic E-state index is -1.55. The lowest BCUT2D eigenvalue weighted by Crippen LogP contribution is -2.53. The van der Waals surface area contributed by atoms with E-state index in [0.717, 1.165) is 44.8 Å². The molecule has 0 aliphatic carbocycles. The van der Waals surface area contributed by atoms with Crippen molar-refractivity contribution in [2.24, 2.45) is 0 Å². The summed E-state index contributed by atoms with van der Waals surface area (Å²) in [6, 6.07) is 5.92. The summed E-state index contributed by atoms with van der Waals surface area (Å²) in [5.74, 6) is -4.85. The van der Waals surface area contributed by atoms with Crippen molar-refractivity contribution in [3.05, 3.63) is 42.3 Å². The van der Waals surface area contributed by atoms with Gasteiger partial charge in [0.15, 0.2) is 11.7 Å². The number of esters is 2. The fraction of sp³-hybridized carbons (Fsp3) is 0.674. The number of carbonyl (C=O) groups is 6. The highest BCUT2D eigenvalue weighted by molar-refractivity contribution is 5.97. The van der Waals surface area contributed by atoms with E-state index in [9.17, 15) is 33.9 Å². The Morgan fingerprint density at radius 3 is 1.53 bits per heavy atom. The third kappa shape index (κ3) is 24.4. The van der Waals surface area contributed by atoms with Gasteiger partial charge in [0.25, 0.3) is 5.91 Å². The summed E-state index contributed by atoms with van der Waals surface area (Å²) in [6.45, 7) is 2.64. The number of amides is 3. The van der Waals surface area contributed by atoms with Crippen molar-refractivity contribution in [1.82, 2.24) is 20.9 Å². The number of carboxylic acids is 1. The lowest BCUT2D eigenvalue weighted by molar-refractivity contribution is -0.150. The molecule has 2 atom stereocenters. The van der Waals surface area contributed by atoms with Crippen LogP contribution in [0.3, 0.4) is 0 Å². The van der Waals surface area contributed by atoms with Gasteiger partial charge in [0, 0.05) is 18.4 Å². The van der Waals surface area contributed by atoms with E-state index in [-0.39, 0.29) is 24.4 Å². The second-order valence-electron chi connectivity index (χ2n) is 15.5. The minimum absolute atomic E-state index is 0.126. The monoisotopic (exact) mass is 841 g/mol. The topological polar surface area (TPSA) is 203 Å². The molecule has 0 saturated heterocycles. The van der Waals surface area contributed by atoms with Crippen molar-refractivity contribution in [3.63, 3.8) is 0 Å². The zero-order chi connectivity index (χ0) is 43.6. The van der Waals surface area contributed by atoms with E-state index >= 15 is 0 Å². The van der Waals surface area contributed by atoms with Gasteiger partial charge in [-0.15, -0.1) is 0 Å². The van der Waals surface area contributed by atoms with Crippen LogP contribution in [-0.2, 0) is 33.4 Å². The normalized spacial score (nSPS) is 12.0. The first-order chi connectivity index (χ1) is 29.1. The van der Waals surface area contributed by atoms with Crippen LogP contribution in [0.15, 0.2) is 41.0 Å². The lowest BCUT2D eigenvalue weighted by atomic mass is 10.1. The number of aromatic nitrogens is 1. The smallest absolute Gasteiger partial charge is 0.329 e. The van der Waals surface area contributed by atoms with E-state index in [4.69, 9.17) is 13.9 Å².